The third kappa shape index (κ3) is 4.07. The number of carbonyl (C=O) groups is 2. The van der Waals surface area contributed by atoms with Gasteiger partial charge in [-0.25, -0.2) is 4.98 Å². The molecule has 2 aromatic rings. The monoisotopic (exact) mass is 318 g/mol. The van der Waals surface area contributed by atoms with Gasteiger partial charge in [-0.15, -0.1) is 0 Å². The molecule has 0 spiro atoms. The molecule has 0 radical (unpaired) electrons. The molecule has 2 N–H and O–H groups in total. The lowest BCUT2D eigenvalue weighted by Crippen LogP contribution is -2.29. The van der Waals surface area contributed by atoms with E-state index in [9.17, 15) is 9.59 Å². The molecule has 7 nitrogen and oxygen atoms in total. The van der Waals surface area contributed by atoms with Gasteiger partial charge in [-0.05, 0) is 18.6 Å². The van der Waals surface area contributed by atoms with Crippen LogP contribution in [0.5, 0.6) is 0 Å². The van der Waals surface area contributed by atoms with Crippen molar-refractivity contribution in [2.75, 3.05) is 26.8 Å². The number of aromatic nitrogens is 2. The number of amides is 2. The number of hydrogen-bond acceptors (Lipinski definition) is 4. The van der Waals surface area contributed by atoms with Gasteiger partial charge < -0.3 is 15.4 Å². The highest BCUT2D eigenvalue weighted by molar-refractivity contribution is 6.02. The first-order valence-electron chi connectivity index (χ1n) is 7.71. The van der Waals surface area contributed by atoms with Crippen LogP contribution in [0.25, 0.3) is 5.52 Å². The van der Waals surface area contributed by atoms with Crippen molar-refractivity contribution >= 4 is 17.3 Å². The second-order valence-electron chi connectivity index (χ2n) is 5.10. The average molecular weight is 318 g/mol. The van der Waals surface area contributed by atoms with Crippen LogP contribution in [0.4, 0.5) is 0 Å². The van der Waals surface area contributed by atoms with Crippen molar-refractivity contribution in [2.24, 2.45) is 0 Å². The fourth-order valence-electron chi connectivity index (χ4n) is 2.17. The van der Waals surface area contributed by atoms with E-state index in [0.29, 0.717) is 25.2 Å². The van der Waals surface area contributed by atoms with Crippen molar-refractivity contribution in [2.45, 2.75) is 19.8 Å². The van der Waals surface area contributed by atoms with Gasteiger partial charge in [0.05, 0.1) is 12.1 Å². The SMILES string of the molecule is CCCCNC(=O)c1nc(C(=O)NCCOC)n2ccccc12. The zero-order valence-electron chi connectivity index (χ0n) is 13.5. The third-order valence-corrected chi connectivity index (χ3v) is 3.37. The van der Waals surface area contributed by atoms with E-state index >= 15 is 0 Å². The Morgan fingerprint density at radius 3 is 2.74 bits per heavy atom. The van der Waals surface area contributed by atoms with Crippen LogP contribution in [0.1, 0.15) is 40.9 Å². The van der Waals surface area contributed by atoms with E-state index in [0.717, 1.165) is 12.8 Å². The Labute approximate surface area is 135 Å². The number of ether oxygens (including phenoxy) is 1. The van der Waals surface area contributed by atoms with Crippen molar-refractivity contribution in [3.63, 3.8) is 0 Å². The second kappa shape index (κ2) is 8.28. The highest BCUT2D eigenvalue weighted by atomic mass is 16.5. The first-order chi connectivity index (χ1) is 11.2. The zero-order chi connectivity index (χ0) is 16.7. The number of methoxy groups -OCH3 is 1. The second-order valence-corrected chi connectivity index (χ2v) is 5.10. The molecule has 7 heteroatoms. The Hall–Kier alpha value is -2.41. The van der Waals surface area contributed by atoms with E-state index in [1.54, 1.807) is 29.8 Å². The van der Waals surface area contributed by atoms with Crippen molar-refractivity contribution in [1.82, 2.24) is 20.0 Å². The van der Waals surface area contributed by atoms with E-state index < -0.39 is 0 Å². The third-order valence-electron chi connectivity index (χ3n) is 3.37. The number of nitrogens with zero attached hydrogens (tertiary/aromatic N) is 2. The fourth-order valence-corrected chi connectivity index (χ4v) is 2.17. The van der Waals surface area contributed by atoms with Gasteiger partial charge in [0.2, 0.25) is 5.82 Å². The highest BCUT2D eigenvalue weighted by Gasteiger charge is 2.20. The smallest absolute Gasteiger partial charge is 0.287 e. The maximum atomic E-state index is 12.3. The molecule has 0 aliphatic heterocycles. The maximum absolute atomic E-state index is 12.3. The van der Waals surface area contributed by atoms with Crippen LogP contribution in [0.15, 0.2) is 24.4 Å². The Kier molecular flexibility index (Phi) is 6.10. The Bertz CT molecular complexity index is 625. The molecule has 124 valence electrons. The molecule has 23 heavy (non-hydrogen) atoms. The normalized spacial score (nSPS) is 10.7. The first kappa shape index (κ1) is 17.0. The first-order valence-corrected chi connectivity index (χ1v) is 7.71. The Morgan fingerprint density at radius 1 is 1.22 bits per heavy atom. The highest BCUT2D eigenvalue weighted by Crippen LogP contribution is 2.13. The molecule has 0 aliphatic carbocycles. The van der Waals surface area contributed by atoms with Gasteiger partial charge in [-0.3, -0.25) is 14.0 Å². The lowest BCUT2D eigenvalue weighted by molar-refractivity contribution is 0.0926. The van der Waals surface area contributed by atoms with Gasteiger partial charge in [0.15, 0.2) is 5.69 Å². The van der Waals surface area contributed by atoms with E-state index in [1.165, 1.54) is 0 Å². The summed E-state index contributed by atoms with van der Waals surface area (Å²) in [6, 6.07) is 5.37. The molecular formula is C16H22N4O3. The van der Waals surface area contributed by atoms with E-state index in [2.05, 4.69) is 22.5 Å². The zero-order valence-corrected chi connectivity index (χ0v) is 13.5. The Balaban J connectivity index is 2.25. The van der Waals surface area contributed by atoms with Crippen LogP contribution in [0.2, 0.25) is 0 Å². The molecule has 2 aromatic heterocycles. The molecule has 2 heterocycles. The summed E-state index contributed by atoms with van der Waals surface area (Å²) in [5, 5.41) is 5.55. The van der Waals surface area contributed by atoms with Gasteiger partial charge in [-0.1, -0.05) is 19.4 Å². The number of fused-ring (bicyclic) bond motifs is 1. The van der Waals surface area contributed by atoms with Crippen molar-refractivity contribution in [1.29, 1.82) is 0 Å². The topological polar surface area (TPSA) is 84.7 Å². The summed E-state index contributed by atoms with van der Waals surface area (Å²) in [5.74, 6) is -0.411. The van der Waals surface area contributed by atoms with Crippen LogP contribution in [0, 0.1) is 0 Å². The van der Waals surface area contributed by atoms with Gasteiger partial charge in [0.1, 0.15) is 0 Å². The summed E-state index contributed by atoms with van der Waals surface area (Å²) >= 11 is 0. The van der Waals surface area contributed by atoms with E-state index in [-0.39, 0.29) is 23.3 Å². The lowest BCUT2D eigenvalue weighted by atomic mass is 10.3. The molecular weight excluding hydrogens is 296 g/mol. The summed E-state index contributed by atoms with van der Waals surface area (Å²) in [6.07, 6.45) is 3.62. The Morgan fingerprint density at radius 2 is 2.00 bits per heavy atom. The number of nitrogens with one attached hydrogen (secondary N) is 2. The predicted molar refractivity (Wildman–Crippen MR) is 86.6 cm³/mol. The quantitative estimate of drug-likeness (QED) is 0.717. The molecule has 0 aromatic carbocycles. The standard InChI is InChI=1S/C16H22N4O3/c1-3-4-8-17-15(21)13-12-7-5-6-10-20(12)14(19-13)16(22)18-9-11-23-2/h5-7,10H,3-4,8-9,11H2,1-2H3,(H,17,21)(H,18,22). The molecule has 0 aliphatic rings. The maximum Gasteiger partial charge on any atom is 0.287 e. The van der Waals surface area contributed by atoms with E-state index in [4.69, 9.17) is 4.74 Å². The number of pyridine rings is 1. The van der Waals surface area contributed by atoms with Gasteiger partial charge >= 0.3 is 0 Å². The fraction of sp³-hybridized carbons (Fsp3) is 0.438. The van der Waals surface area contributed by atoms with Crippen molar-refractivity contribution < 1.29 is 14.3 Å². The molecule has 0 saturated carbocycles. The number of rotatable bonds is 8. The molecule has 2 rings (SSSR count). The molecule has 0 fully saturated rings. The summed E-state index contributed by atoms with van der Waals surface area (Å²) in [5.41, 5.74) is 0.872. The van der Waals surface area contributed by atoms with Crippen LogP contribution in [-0.2, 0) is 4.74 Å². The predicted octanol–water partition coefficient (Wildman–Crippen LogP) is 1.24. The summed E-state index contributed by atoms with van der Waals surface area (Å²) in [6.45, 7) is 3.45. The van der Waals surface area contributed by atoms with Crippen LogP contribution >= 0.6 is 0 Å². The van der Waals surface area contributed by atoms with Gasteiger partial charge in [0.25, 0.3) is 11.8 Å². The minimum Gasteiger partial charge on any atom is -0.383 e. The molecule has 2 amide bonds. The molecule has 0 bridgehead atoms. The van der Waals surface area contributed by atoms with Gasteiger partial charge in [0, 0.05) is 26.4 Å². The average Bonchev–Trinajstić information content (AvgIpc) is 2.95. The summed E-state index contributed by atoms with van der Waals surface area (Å²) < 4.78 is 6.53. The van der Waals surface area contributed by atoms with Crippen molar-refractivity contribution in [3.8, 4) is 0 Å². The molecule has 0 unspecified atom stereocenters. The van der Waals surface area contributed by atoms with Gasteiger partial charge in [-0.2, -0.15) is 0 Å². The number of imidazole rings is 1. The van der Waals surface area contributed by atoms with Crippen LogP contribution in [0.3, 0.4) is 0 Å². The minimum absolute atomic E-state index is 0.192. The number of unbranched alkanes of at least 4 members (excludes halogenated alkanes) is 1. The van der Waals surface area contributed by atoms with E-state index in [1.807, 2.05) is 6.07 Å². The summed E-state index contributed by atoms with van der Waals surface area (Å²) in [7, 11) is 1.57. The largest absolute Gasteiger partial charge is 0.383 e. The number of carbonyl (C=O) groups excluding carboxylic acids is 2. The molecule has 0 saturated heterocycles. The van der Waals surface area contributed by atoms with Crippen LogP contribution < -0.4 is 10.6 Å². The van der Waals surface area contributed by atoms with Crippen molar-refractivity contribution in [3.05, 3.63) is 35.9 Å². The summed E-state index contributed by atoms with van der Waals surface area (Å²) in [4.78, 5) is 28.8. The molecule has 0 atom stereocenters. The number of hydrogen-bond donors (Lipinski definition) is 2. The minimum atomic E-state index is -0.337. The van der Waals surface area contributed by atoms with Crippen LogP contribution in [-0.4, -0.2) is 48.0 Å². The lowest BCUT2D eigenvalue weighted by Gasteiger charge is -2.03.